The number of nitrogens with one attached hydrogen (secondary N) is 1. The fourth-order valence-electron chi connectivity index (χ4n) is 4.33. The second-order valence-electron chi connectivity index (χ2n) is 8.16. The Hall–Kier alpha value is -1.88. The van der Waals surface area contributed by atoms with Gasteiger partial charge < -0.3 is 14.8 Å². The zero-order chi connectivity index (χ0) is 18.1. The Morgan fingerprint density at radius 1 is 1.23 bits per heavy atom. The molecular formula is C21H30N4O. The molecule has 0 spiro atoms. The first-order valence-electron chi connectivity index (χ1n) is 10.1. The topological polar surface area (TPSA) is 52.2 Å². The average Bonchev–Trinajstić information content (AvgIpc) is 3.27. The zero-order valence-electron chi connectivity index (χ0n) is 16.0. The number of aromatic amines is 1. The fraction of sp³-hybridized carbons (Fsp3) is 0.619. The lowest BCUT2D eigenvalue weighted by atomic mass is 9.99. The summed E-state index contributed by atoms with van der Waals surface area (Å²) in [5.41, 5.74) is 3.29. The van der Waals surface area contributed by atoms with Gasteiger partial charge in [0.25, 0.3) is 0 Å². The first-order valence-corrected chi connectivity index (χ1v) is 10.1. The minimum absolute atomic E-state index is 0.108. The molecule has 4 rings (SSSR count). The van der Waals surface area contributed by atoms with E-state index in [1.54, 1.807) is 0 Å². The highest BCUT2D eigenvalue weighted by molar-refractivity contribution is 5.78. The van der Waals surface area contributed by atoms with E-state index in [1.807, 2.05) is 0 Å². The number of fused-ring (bicyclic) bond motifs is 1. The molecule has 140 valence electrons. The van der Waals surface area contributed by atoms with Crippen molar-refractivity contribution < 1.29 is 4.79 Å². The maximum Gasteiger partial charge on any atom is 0.224 e. The van der Waals surface area contributed by atoms with Gasteiger partial charge in [-0.05, 0) is 69.3 Å². The van der Waals surface area contributed by atoms with Crippen molar-refractivity contribution in [1.29, 1.82) is 0 Å². The standard InChI is InChI=1S/C21H30N4O/c1-15-7-11-24(12-8-15)13-9-20(26)25-10-3-4-19(25)21-22-17-6-5-16(2)14-18(17)23-21/h5-6,14-15,19H,3-4,7-13H2,1-2H3,(H,22,23). The lowest BCUT2D eigenvalue weighted by molar-refractivity contribution is -0.132. The quantitative estimate of drug-likeness (QED) is 0.912. The van der Waals surface area contributed by atoms with Crippen LogP contribution in [0.5, 0.6) is 0 Å². The molecule has 3 heterocycles. The minimum atomic E-state index is 0.108. The van der Waals surface area contributed by atoms with E-state index in [0.717, 1.165) is 61.8 Å². The normalized spacial score (nSPS) is 22.4. The molecule has 0 radical (unpaired) electrons. The van der Waals surface area contributed by atoms with Crippen LogP contribution in [-0.2, 0) is 4.79 Å². The van der Waals surface area contributed by atoms with Gasteiger partial charge in [0, 0.05) is 19.5 Å². The lowest BCUT2D eigenvalue weighted by Gasteiger charge is -2.31. The number of aromatic nitrogens is 2. The Balaban J connectivity index is 1.41. The number of carbonyl (C=O) groups is 1. The van der Waals surface area contributed by atoms with Crippen LogP contribution in [0.15, 0.2) is 18.2 Å². The number of carbonyl (C=O) groups excluding carboxylic acids is 1. The zero-order valence-corrected chi connectivity index (χ0v) is 16.0. The van der Waals surface area contributed by atoms with Gasteiger partial charge in [-0.15, -0.1) is 0 Å². The molecule has 1 unspecified atom stereocenters. The van der Waals surface area contributed by atoms with E-state index in [2.05, 4.69) is 46.8 Å². The molecule has 2 saturated heterocycles. The number of benzene rings is 1. The number of hydrogen-bond acceptors (Lipinski definition) is 3. The van der Waals surface area contributed by atoms with Gasteiger partial charge in [0.1, 0.15) is 5.82 Å². The molecular weight excluding hydrogens is 324 g/mol. The summed E-state index contributed by atoms with van der Waals surface area (Å²) in [6.07, 6.45) is 5.22. The average molecular weight is 354 g/mol. The number of rotatable bonds is 4. The van der Waals surface area contributed by atoms with Crippen molar-refractivity contribution in [3.05, 3.63) is 29.6 Å². The number of aryl methyl sites for hydroxylation is 1. The SMILES string of the molecule is Cc1ccc2nc(C3CCCN3C(=O)CCN3CCC(C)CC3)[nH]c2c1. The van der Waals surface area contributed by atoms with Gasteiger partial charge in [0.2, 0.25) is 5.91 Å². The van der Waals surface area contributed by atoms with Gasteiger partial charge in [-0.1, -0.05) is 13.0 Å². The van der Waals surface area contributed by atoms with E-state index in [9.17, 15) is 4.79 Å². The summed E-state index contributed by atoms with van der Waals surface area (Å²) < 4.78 is 0. The highest BCUT2D eigenvalue weighted by atomic mass is 16.2. The first-order chi connectivity index (χ1) is 12.6. The molecule has 5 heteroatoms. The van der Waals surface area contributed by atoms with Crippen molar-refractivity contribution in [1.82, 2.24) is 19.8 Å². The van der Waals surface area contributed by atoms with Gasteiger partial charge in [0.15, 0.2) is 0 Å². The highest BCUT2D eigenvalue weighted by Gasteiger charge is 2.32. The van der Waals surface area contributed by atoms with Crippen LogP contribution in [0.3, 0.4) is 0 Å². The molecule has 0 aliphatic carbocycles. The molecule has 1 aromatic carbocycles. The molecule has 1 amide bonds. The van der Waals surface area contributed by atoms with Crippen molar-refractivity contribution >= 4 is 16.9 Å². The Labute approximate surface area is 155 Å². The maximum atomic E-state index is 12.9. The van der Waals surface area contributed by atoms with Gasteiger partial charge in [-0.25, -0.2) is 4.98 Å². The Kier molecular flexibility index (Phi) is 4.98. The number of amides is 1. The van der Waals surface area contributed by atoms with Crippen LogP contribution >= 0.6 is 0 Å². The monoisotopic (exact) mass is 354 g/mol. The number of nitrogens with zero attached hydrogens (tertiary/aromatic N) is 3. The summed E-state index contributed by atoms with van der Waals surface area (Å²) in [5, 5.41) is 0. The van der Waals surface area contributed by atoms with E-state index < -0.39 is 0 Å². The van der Waals surface area contributed by atoms with Crippen molar-refractivity contribution in [2.45, 2.75) is 52.0 Å². The molecule has 2 aliphatic rings. The van der Waals surface area contributed by atoms with E-state index in [0.29, 0.717) is 6.42 Å². The van der Waals surface area contributed by atoms with Crippen LogP contribution in [0.25, 0.3) is 11.0 Å². The molecule has 26 heavy (non-hydrogen) atoms. The predicted molar refractivity (Wildman–Crippen MR) is 104 cm³/mol. The van der Waals surface area contributed by atoms with Crippen LogP contribution in [-0.4, -0.2) is 51.9 Å². The Bertz CT molecular complexity index is 775. The Morgan fingerprint density at radius 2 is 2.04 bits per heavy atom. The molecule has 2 aromatic rings. The number of piperidine rings is 1. The van der Waals surface area contributed by atoms with E-state index in [1.165, 1.54) is 18.4 Å². The summed E-state index contributed by atoms with van der Waals surface area (Å²) in [6, 6.07) is 6.38. The summed E-state index contributed by atoms with van der Waals surface area (Å²) in [5.74, 6) is 2.06. The van der Waals surface area contributed by atoms with E-state index in [4.69, 9.17) is 4.98 Å². The molecule has 2 aliphatic heterocycles. The molecule has 1 aromatic heterocycles. The largest absolute Gasteiger partial charge is 0.340 e. The van der Waals surface area contributed by atoms with Gasteiger partial charge >= 0.3 is 0 Å². The van der Waals surface area contributed by atoms with Crippen molar-refractivity contribution in [2.75, 3.05) is 26.2 Å². The fourth-order valence-corrected chi connectivity index (χ4v) is 4.33. The van der Waals surface area contributed by atoms with Crippen molar-refractivity contribution in [3.8, 4) is 0 Å². The van der Waals surface area contributed by atoms with Crippen LogP contribution < -0.4 is 0 Å². The second-order valence-corrected chi connectivity index (χ2v) is 8.16. The third-order valence-corrected chi connectivity index (χ3v) is 6.06. The molecule has 0 saturated carbocycles. The number of hydrogen-bond donors (Lipinski definition) is 1. The first kappa shape index (κ1) is 17.5. The molecule has 5 nitrogen and oxygen atoms in total. The Morgan fingerprint density at radius 3 is 2.85 bits per heavy atom. The minimum Gasteiger partial charge on any atom is -0.340 e. The molecule has 1 N–H and O–H groups in total. The molecule has 2 fully saturated rings. The van der Waals surface area contributed by atoms with E-state index >= 15 is 0 Å². The third-order valence-electron chi connectivity index (χ3n) is 6.06. The summed E-state index contributed by atoms with van der Waals surface area (Å²) >= 11 is 0. The second kappa shape index (κ2) is 7.39. The lowest BCUT2D eigenvalue weighted by Crippen LogP contribution is -2.37. The summed E-state index contributed by atoms with van der Waals surface area (Å²) in [6.45, 7) is 8.45. The van der Waals surface area contributed by atoms with E-state index in [-0.39, 0.29) is 11.9 Å². The van der Waals surface area contributed by atoms with Gasteiger partial charge in [-0.2, -0.15) is 0 Å². The van der Waals surface area contributed by atoms with Gasteiger partial charge in [0.05, 0.1) is 17.1 Å². The molecule has 0 bridgehead atoms. The smallest absolute Gasteiger partial charge is 0.224 e. The van der Waals surface area contributed by atoms with Crippen LogP contribution in [0.4, 0.5) is 0 Å². The number of imidazole rings is 1. The predicted octanol–water partition coefficient (Wildman–Crippen LogP) is 3.66. The number of H-pyrrole nitrogens is 1. The molecule has 1 atom stereocenters. The third kappa shape index (κ3) is 3.63. The van der Waals surface area contributed by atoms with Gasteiger partial charge in [-0.3, -0.25) is 4.79 Å². The maximum absolute atomic E-state index is 12.9. The van der Waals surface area contributed by atoms with Crippen LogP contribution in [0.2, 0.25) is 0 Å². The van der Waals surface area contributed by atoms with Crippen LogP contribution in [0, 0.1) is 12.8 Å². The van der Waals surface area contributed by atoms with Crippen molar-refractivity contribution in [2.24, 2.45) is 5.92 Å². The van der Waals surface area contributed by atoms with Crippen molar-refractivity contribution in [3.63, 3.8) is 0 Å². The highest BCUT2D eigenvalue weighted by Crippen LogP contribution is 2.32. The summed E-state index contributed by atoms with van der Waals surface area (Å²) in [7, 11) is 0. The summed E-state index contributed by atoms with van der Waals surface area (Å²) in [4.78, 5) is 25.6. The van der Waals surface area contributed by atoms with Crippen LogP contribution in [0.1, 0.15) is 56.5 Å². The number of likely N-dealkylation sites (tertiary alicyclic amines) is 2.